The quantitative estimate of drug-likeness (QED) is 0.429. The van der Waals surface area contributed by atoms with E-state index in [4.69, 9.17) is 0 Å². The molecule has 0 aliphatic rings. The number of halogens is 2. The van der Waals surface area contributed by atoms with Gasteiger partial charge in [-0.1, -0.05) is 18.2 Å². The average molecular weight is 354 g/mol. The van der Waals surface area contributed by atoms with Crippen LogP contribution in [0.15, 0.2) is 48.0 Å². The van der Waals surface area contributed by atoms with Crippen molar-refractivity contribution in [3.05, 3.63) is 65.4 Å². The molecule has 1 amide bonds. The summed E-state index contributed by atoms with van der Waals surface area (Å²) in [5, 5.41) is 26.2. The first-order valence-electron chi connectivity index (χ1n) is 7.44. The van der Waals surface area contributed by atoms with Crippen LogP contribution in [-0.2, 0) is 11.8 Å². The van der Waals surface area contributed by atoms with E-state index in [0.29, 0.717) is 5.69 Å². The van der Waals surface area contributed by atoms with Crippen LogP contribution in [0.4, 0.5) is 14.5 Å². The molecule has 0 unspecified atom stereocenters. The third-order valence-electron chi connectivity index (χ3n) is 3.72. The van der Waals surface area contributed by atoms with Gasteiger partial charge in [-0.15, -0.1) is 0 Å². The molecule has 0 saturated heterocycles. The van der Waals surface area contributed by atoms with Crippen LogP contribution in [0.5, 0.6) is 0 Å². The van der Waals surface area contributed by atoms with Crippen molar-refractivity contribution in [2.75, 3.05) is 5.32 Å². The molecule has 2 N–H and O–H groups in total. The summed E-state index contributed by atoms with van der Waals surface area (Å²) in [5.74, 6) is -3.78. The molecule has 0 aliphatic heterocycles. The van der Waals surface area contributed by atoms with Crippen molar-refractivity contribution in [1.82, 2.24) is 9.78 Å². The predicted octanol–water partition coefficient (Wildman–Crippen LogP) is 3.28. The van der Waals surface area contributed by atoms with E-state index in [1.165, 1.54) is 11.7 Å². The fourth-order valence-electron chi connectivity index (χ4n) is 2.47. The molecule has 0 saturated carbocycles. The molecule has 0 aliphatic carbocycles. The number of nitrogens with zero attached hydrogens (tertiary/aromatic N) is 3. The second kappa shape index (κ2) is 6.64. The van der Waals surface area contributed by atoms with Gasteiger partial charge in [0.25, 0.3) is 5.91 Å². The highest BCUT2D eigenvalue weighted by molar-refractivity contribution is 6.12. The number of nitriles is 1. The number of amides is 1. The standard InChI is InChI=1S/C18H12F2N4O2/c1-24-15-8-14(20)13(19)7-11(15)16(23-24)17(25)12(9-21)18(26)22-10-5-3-2-4-6-10/h2-8,25H,1H3,(H,22,26). The highest BCUT2D eigenvalue weighted by Gasteiger charge is 2.22. The van der Waals surface area contributed by atoms with Crippen LogP contribution >= 0.6 is 0 Å². The zero-order valence-electron chi connectivity index (χ0n) is 13.5. The Hall–Kier alpha value is -3.73. The van der Waals surface area contributed by atoms with Gasteiger partial charge in [0.15, 0.2) is 23.0 Å². The Morgan fingerprint density at radius 3 is 2.54 bits per heavy atom. The highest BCUT2D eigenvalue weighted by Crippen LogP contribution is 2.27. The maximum atomic E-state index is 13.6. The molecule has 1 heterocycles. The lowest BCUT2D eigenvalue weighted by Crippen LogP contribution is -2.15. The molecule has 0 fully saturated rings. The zero-order valence-corrected chi connectivity index (χ0v) is 13.5. The number of carbonyl (C=O) groups is 1. The molecular weight excluding hydrogens is 342 g/mol. The van der Waals surface area contributed by atoms with E-state index >= 15 is 0 Å². The number of aromatic nitrogens is 2. The fourth-order valence-corrected chi connectivity index (χ4v) is 2.47. The van der Waals surface area contributed by atoms with Crippen LogP contribution in [-0.4, -0.2) is 20.8 Å². The lowest BCUT2D eigenvalue weighted by molar-refractivity contribution is -0.112. The molecule has 0 atom stereocenters. The van der Waals surface area contributed by atoms with Gasteiger partial charge < -0.3 is 10.4 Å². The molecule has 3 rings (SSSR count). The second-order valence-corrected chi connectivity index (χ2v) is 5.41. The lowest BCUT2D eigenvalue weighted by Gasteiger charge is -2.05. The Balaban J connectivity index is 2.09. The average Bonchev–Trinajstić information content (AvgIpc) is 2.93. The third-order valence-corrected chi connectivity index (χ3v) is 3.72. The van der Waals surface area contributed by atoms with Crippen LogP contribution in [0, 0.1) is 23.0 Å². The largest absolute Gasteiger partial charge is 0.504 e. The molecule has 130 valence electrons. The molecular formula is C18H12F2N4O2. The lowest BCUT2D eigenvalue weighted by atomic mass is 10.1. The topological polar surface area (TPSA) is 90.9 Å². The number of aliphatic hydroxyl groups excluding tert-OH is 1. The SMILES string of the molecule is Cn1nc(C(O)=C(C#N)C(=O)Nc2ccccc2)c2cc(F)c(F)cc21. The van der Waals surface area contributed by atoms with Crippen molar-refractivity contribution in [3.63, 3.8) is 0 Å². The summed E-state index contributed by atoms with van der Waals surface area (Å²) >= 11 is 0. The van der Waals surface area contributed by atoms with E-state index in [1.807, 2.05) is 0 Å². The van der Waals surface area contributed by atoms with Crippen molar-refractivity contribution < 1.29 is 18.7 Å². The maximum Gasteiger partial charge on any atom is 0.270 e. The van der Waals surface area contributed by atoms with Crippen LogP contribution < -0.4 is 5.32 Å². The van der Waals surface area contributed by atoms with Crippen LogP contribution in [0.2, 0.25) is 0 Å². The number of benzene rings is 2. The summed E-state index contributed by atoms with van der Waals surface area (Å²) in [5.41, 5.74) is -0.164. The van der Waals surface area contributed by atoms with E-state index in [1.54, 1.807) is 36.4 Å². The Morgan fingerprint density at radius 1 is 1.23 bits per heavy atom. The van der Waals surface area contributed by atoms with Gasteiger partial charge in [0.05, 0.1) is 5.52 Å². The zero-order chi connectivity index (χ0) is 18.8. The van der Waals surface area contributed by atoms with E-state index in [-0.39, 0.29) is 16.6 Å². The minimum absolute atomic E-state index is 0.0733. The molecule has 1 aromatic heterocycles. The molecule has 3 aromatic rings. The minimum Gasteiger partial charge on any atom is -0.504 e. The number of aliphatic hydroxyl groups is 1. The van der Waals surface area contributed by atoms with Gasteiger partial charge in [-0.3, -0.25) is 9.48 Å². The number of hydrogen-bond donors (Lipinski definition) is 2. The van der Waals surface area contributed by atoms with Gasteiger partial charge in [-0.2, -0.15) is 10.4 Å². The summed E-state index contributed by atoms with van der Waals surface area (Å²) in [6, 6.07) is 11.7. The van der Waals surface area contributed by atoms with Gasteiger partial charge in [0.1, 0.15) is 11.8 Å². The summed E-state index contributed by atoms with van der Waals surface area (Å²) < 4.78 is 28.2. The molecule has 2 aromatic carbocycles. The Bertz CT molecular complexity index is 1080. The third kappa shape index (κ3) is 2.98. The first kappa shape index (κ1) is 17.1. The van der Waals surface area contributed by atoms with E-state index in [9.17, 15) is 23.9 Å². The number of anilines is 1. The molecule has 0 bridgehead atoms. The number of aryl methyl sites for hydroxylation is 1. The monoisotopic (exact) mass is 354 g/mol. The number of para-hydroxylation sites is 1. The fraction of sp³-hybridized carbons (Fsp3) is 0.0556. The first-order valence-corrected chi connectivity index (χ1v) is 7.44. The highest BCUT2D eigenvalue weighted by atomic mass is 19.2. The van der Waals surface area contributed by atoms with Crippen molar-refractivity contribution >= 4 is 28.3 Å². The molecule has 0 spiro atoms. The number of hydrogen-bond acceptors (Lipinski definition) is 4. The van der Waals surface area contributed by atoms with Crippen LogP contribution in [0.3, 0.4) is 0 Å². The number of carbonyl (C=O) groups excluding carboxylic acids is 1. The Labute approximate surface area is 146 Å². The number of fused-ring (bicyclic) bond motifs is 1. The van der Waals surface area contributed by atoms with Gasteiger partial charge in [0.2, 0.25) is 0 Å². The van der Waals surface area contributed by atoms with Crippen molar-refractivity contribution in [3.8, 4) is 6.07 Å². The van der Waals surface area contributed by atoms with E-state index < -0.39 is 28.9 Å². The predicted molar refractivity (Wildman–Crippen MR) is 90.9 cm³/mol. The summed E-state index contributed by atoms with van der Waals surface area (Å²) in [6.07, 6.45) is 0. The summed E-state index contributed by atoms with van der Waals surface area (Å²) in [6.45, 7) is 0. The normalized spacial score (nSPS) is 11.8. The van der Waals surface area contributed by atoms with Crippen molar-refractivity contribution in [1.29, 1.82) is 5.26 Å². The maximum absolute atomic E-state index is 13.6. The van der Waals surface area contributed by atoms with E-state index in [0.717, 1.165) is 12.1 Å². The molecule has 6 nitrogen and oxygen atoms in total. The smallest absolute Gasteiger partial charge is 0.270 e. The number of nitrogens with one attached hydrogen (secondary N) is 1. The van der Waals surface area contributed by atoms with Crippen LogP contribution in [0.25, 0.3) is 16.7 Å². The van der Waals surface area contributed by atoms with Crippen molar-refractivity contribution in [2.45, 2.75) is 0 Å². The van der Waals surface area contributed by atoms with Gasteiger partial charge in [-0.05, 0) is 18.2 Å². The summed E-state index contributed by atoms with van der Waals surface area (Å²) in [7, 11) is 1.46. The van der Waals surface area contributed by atoms with Gasteiger partial charge in [-0.25, -0.2) is 8.78 Å². The second-order valence-electron chi connectivity index (χ2n) is 5.41. The van der Waals surface area contributed by atoms with Gasteiger partial charge >= 0.3 is 0 Å². The van der Waals surface area contributed by atoms with Crippen LogP contribution in [0.1, 0.15) is 5.69 Å². The molecule has 0 radical (unpaired) electrons. The van der Waals surface area contributed by atoms with E-state index in [2.05, 4.69) is 10.4 Å². The van der Waals surface area contributed by atoms with Gasteiger partial charge in [0, 0.05) is 24.2 Å². The Morgan fingerprint density at radius 2 is 1.88 bits per heavy atom. The first-order chi connectivity index (χ1) is 12.4. The Kier molecular flexibility index (Phi) is 4.37. The van der Waals surface area contributed by atoms with Crippen molar-refractivity contribution in [2.24, 2.45) is 7.05 Å². The number of rotatable bonds is 3. The molecule has 26 heavy (non-hydrogen) atoms. The molecule has 8 heteroatoms. The minimum atomic E-state index is -1.13. The summed E-state index contributed by atoms with van der Waals surface area (Å²) in [4.78, 5) is 12.3.